The molecule has 0 aliphatic heterocycles. The predicted molar refractivity (Wildman–Crippen MR) is 168 cm³/mol. The van der Waals surface area contributed by atoms with Gasteiger partial charge in [-0.3, -0.25) is 9.78 Å². The van der Waals surface area contributed by atoms with Gasteiger partial charge in [-0.05, 0) is 53.3 Å². The van der Waals surface area contributed by atoms with Gasteiger partial charge in [0.15, 0.2) is 5.78 Å². The molecule has 0 saturated carbocycles. The minimum Gasteiger partial charge on any atom is -0.512 e. The summed E-state index contributed by atoms with van der Waals surface area (Å²) in [5.41, 5.74) is 7.28. The van der Waals surface area contributed by atoms with E-state index in [2.05, 4.69) is 92.7 Å². The number of furan rings is 1. The second-order valence-electron chi connectivity index (χ2n) is 10.4. The molecule has 1 radical (unpaired) electrons. The summed E-state index contributed by atoms with van der Waals surface area (Å²) in [5, 5.41) is 11.6. The molecule has 0 spiro atoms. The molecule has 2 heterocycles. The zero-order valence-electron chi connectivity index (χ0n) is 24.0. The van der Waals surface area contributed by atoms with Gasteiger partial charge in [-0.2, -0.15) is 0 Å². The molecule has 6 aromatic rings. The number of fused-ring (bicyclic) bond motifs is 2. The van der Waals surface area contributed by atoms with Crippen LogP contribution in [0, 0.1) is 6.07 Å². The van der Waals surface area contributed by atoms with Crippen molar-refractivity contribution < 1.29 is 34.4 Å². The topological polar surface area (TPSA) is 63.3 Å². The number of carbonyl (C=O) groups excluding carboxylic acids is 1. The molecule has 0 aliphatic carbocycles. The van der Waals surface area contributed by atoms with Gasteiger partial charge in [0.2, 0.25) is 0 Å². The summed E-state index contributed by atoms with van der Waals surface area (Å²) in [5.74, 6) is 1.23. The summed E-state index contributed by atoms with van der Waals surface area (Å²) in [6, 6.07) is 37.2. The van der Waals surface area contributed by atoms with E-state index >= 15 is 0 Å². The number of rotatable bonds is 5. The Balaban J connectivity index is 0.000000454. The Bertz CT molecular complexity index is 1850. The molecular formula is C37H32IrNO3-. The number of pyridine rings is 1. The summed E-state index contributed by atoms with van der Waals surface area (Å²) in [6.07, 6.45) is 3.05. The van der Waals surface area contributed by atoms with Crippen molar-refractivity contribution in [2.24, 2.45) is 0 Å². The van der Waals surface area contributed by atoms with E-state index in [0.29, 0.717) is 5.92 Å². The Kier molecular flexibility index (Phi) is 9.90. The van der Waals surface area contributed by atoms with Crippen LogP contribution in [0.1, 0.15) is 39.2 Å². The van der Waals surface area contributed by atoms with E-state index in [-0.39, 0.29) is 31.6 Å². The second kappa shape index (κ2) is 13.6. The fourth-order valence-corrected chi connectivity index (χ4v) is 4.83. The van der Waals surface area contributed by atoms with E-state index < -0.39 is 0 Å². The molecule has 6 rings (SSSR count). The van der Waals surface area contributed by atoms with Crippen molar-refractivity contribution >= 4 is 27.5 Å². The quantitative estimate of drug-likeness (QED) is 0.109. The number of nitrogens with zero attached hydrogens (tertiary/aromatic N) is 1. The molecule has 0 bridgehead atoms. The third-order valence-electron chi connectivity index (χ3n) is 6.80. The third-order valence-corrected chi connectivity index (χ3v) is 6.80. The molecule has 0 amide bonds. The fourth-order valence-electron chi connectivity index (χ4n) is 4.83. The maximum atomic E-state index is 10.0. The van der Waals surface area contributed by atoms with Crippen molar-refractivity contribution in [3.63, 3.8) is 0 Å². The van der Waals surface area contributed by atoms with Gasteiger partial charge in [-0.25, -0.2) is 0 Å². The van der Waals surface area contributed by atoms with Gasteiger partial charge in [-0.15, -0.1) is 12.1 Å². The van der Waals surface area contributed by atoms with Crippen molar-refractivity contribution in [1.82, 2.24) is 4.98 Å². The molecule has 1 N–H and O–H groups in total. The maximum absolute atomic E-state index is 10.0. The average Bonchev–Trinajstić information content (AvgIpc) is 3.41. The maximum Gasteiger partial charge on any atom is 0.155 e. The largest absolute Gasteiger partial charge is 0.512 e. The number of benzene rings is 4. The van der Waals surface area contributed by atoms with Crippen LogP contribution in [0.15, 0.2) is 120 Å². The summed E-state index contributed by atoms with van der Waals surface area (Å²) in [4.78, 5) is 14.8. The first-order chi connectivity index (χ1) is 19.8. The number of hydrogen-bond donors (Lipinski definition) is 1. The Hall–Kier alpha value is -4.31. The minimum absolute atomic E-state index is 0. The molecular weight excluding hydrogens is 699 g/mol. The number of aliphatic hydroxyl groups excluding tert-OH is 1. The van der Waals surface area contributed by atoms with Gasteiger partial charge < -0.3 is 9.52 Å². The molecule has 0 fully saturated rings. The predicted octanol–water partition coefficient (Wildman–Crippen LogP) is 9.94. The third kappa shape index (κ3) is 6.94. The standard InChI is InChI=1S/C32H24NO.C5H8O2.Ir/c1-21(2)25-14-13-23-15-16-33-31(28(23)18-25)26-17-27-20-30(24-11-7-4-8-12-24)34-32(27)29(19-26)22-9-5-3-6-10-22;1-4(6)3-5(2)7;/h3-16,18-21H,1-2H3;3,6H,1-2H3;/q-1;;/b;4-3-;. The summed E-state index contributed by atoms with van der Waals surface area (Å²) >= 11 is 0. The Labute approximate surface area is 260 Å². The van der Waals surface area contributed by atoms with E-state index in [0.717, 1.165) is 50.1 Å². The normalized spacial score (nSPS) is 11.2. The van der Waals surface area contributed by atoms with Crippen molar-refractivity contribution in [2.75, 3.05) is 0 Å². The van der Waals surface area contributed by atoms with Gasteiger partial charge in [0.05, 0.1) is 17.1 Å². The van der Waals surface area contributed by atoms with Crippen LogP contribution in [0.4, 0.5) is 0 Å². The number of hydrogen-bond acceptors (Lipinski definition) is 4. The molecule has 42 heavy (non-hydrogen) atoms. The van der Waals surface area contributed by atoms with Crippen LogP contribution in [-0.4, -0.2) is 15.9 Å². The fraction of sp³-hybridized carbons (Fsp3) is 0.135. The SMILES string of the molecule is CC(=O)/C=C(/C)O.CC(C)c1ccc2ccnc(-c3[c-]c4cc(-c5ccccc5)oc4c(-c4ccccc4)c3)c2c1.[Ir]. The van der Waals surface area contributed by atoms with Crippen molar-refractivity contribution in [3.8, 4) is 33.7 Å². The molecule has 0 unspecified atom stereocenters. The Morgan fingerprint density at radius 2 is 1.55 bits per heavy atom. The van der Waals surface area contributed by atoms with Gasteiger partial charge in [-0.1, -0.05) is 110 Å². The summed E-state index contributed by atoms with van der Waals surface area (Å²) in [6.45, 7) is 7.29. The van der Waals surface area contributed by atoms with E-state index in [4.69, 9.17) is 14.5 Å². The van der Waals surface area contributed by atoms with E-state index in [9.17, 15) is 4.79 Å². The van der Waals surface area contributed by atoms with Crippen LogP contribution in [0.5, 0.6) is 0 Å². The zero-order valence-corrected chi connectivity index (χ0v) is 26.4. The first kappa shape index (κ1) is 30.6. The summed E-state index contributed by atoms with van der Waals surface area (Å²) in [7, 11) is 0. The van der Waals surface area contributed by atoms with Gasteiger partial charge in [0.1, 0.15) is 0 Å². The first-order valence-electron chi connectivity index (χ1n) is 13.7. The summed E-state index contributed by atoms with van der Waals surface area (Å²) < 4.78 is 6.42. The van der Waals surface area contributed by atoms with Crippen LogP contribution < -0.4 is 0 Å². The smallest absolute Gasteiger partial charge is 0.155 e. The molecule has 0 aliphatic rings. The van der Waals surface area contributed by atoms with Crippen molar-refractivity contribution in [1.29, 1.82) is 0 Å². The molecule has 0 saturated heterocycles. The van der Waals surface area contributed by atoms with E-state index in [1.807, 2.05) is 30.5 Å². The molecule has 4 aromatic carbocycles. The van der Waals surface area contributed by atoms with Crippen LogP contribution in [0.25, 0.3) is 55.4 Å². The minimum atomic E-state index is -0.125. The first-order valence-corrected chi connectivity index (χ1v) is 13.7. The molecule has 5 heteroatoms. The van der Waals surface area contributed by atoms with Gasteiger partial charge >= 0.3 is 0 Å². The number of allylic oxidation sites excluding steroid dienone is 2. The van der Waals surface area contributed by atoms with Gasteiger partial charge in [0.25, 0.3) is 0 Å². The number of ketones is 1. The number of aromatic nitrogens is 1. The van der Waals surface area contributed by atoms with Crippen LogP contribution >= 0.6 is 0 Å². The molecule has 4 nitrogen and oxygen atoms in total. The van der Waals surface area contributed by atoms with Crippen LogP contribution in [0.3, 0.4) is 0 Å². The zero-order chi connectivity index (χ0) is 28.9. The number of aliphatic hydroxyl groups is 1. The van der Waals surface area contributed by atoms with Crippen LogP contribution in [-0.2, 0) is 24.9 Å². The number of carbonyl (C=O) groups is 1. The monoisotopic (exact) mass is 731 g/mol. The van der Waals surface area contributed by atoms with Crippen LogP contribution in [0.2, 0.25) is 0 Å². The van der Waals surface area contributed by atoms with Crippen molar-refractivity contribution in [2.45, 2.75) is 33.6 Å². The molecule has 213 valence electrons. The van der Waals surface area contributed by atoms with Gasteiger partial charge in [0, 0.05) is 43.6 Å². The second-order valence-corrected chi connectivity index (χ2v) is 10.4. The van der Waals surface area contributed by atoms with E-state index in [1.165, 1.54) is 30.9 Å². The van der Waals surface area contributed by atoms with E-state index in [1.54, 1.807) is 0 Å². The van der Waals surface area contributed by atoms with Crippen molar-refractivity contribution in [3.05, 3.63) is 127 Å². The Morgan fingerprint density at radius 1 is 0.881 bits per heavy atom. The molecule has 2 aromatic heterocycles. The Morgan fingerprint density at radius 3 is 2.14 bits per heavy atom. The molecule has 0 atom stereocenters. The average molecular weight is 731 g/mol.